The monoisotopic (exact) mass is 225 g/mol. The fraction of sp³-hybridized carbons (Fsp3) is 0.133. The second-order valence-electron chi connectivity index (χ2n) is 4.23. The first-order chi connectivity index (χ1) is 8.09. The van der Waals surface area contributed by atoms with E-state index < -0.39 is 0 Å². The first-order valence-electron chi connectivity index (χ1n) is 5.56. The number of hydrogen-bond acceptors (Lipinski definition) is 2. The Balaban J connectivity index is 2.48. The predicted octanol–water partition coefficient (Wildman–Crippen LogP) is 3.12. The average Bonchev–Trinajstić information content (AvgIpc) is 2.32. The molecule has 0 radical (unpaired) electrons. The highest BCUT2D eigenvalue weighted by atomic mass is 16.1. The van der Waals surface area contributed by atoms with E-state index in [4.69, 9.17) is 5.73 Å². The third-order valence-corrected chi connectivity index (χ3v) is 2.85. The maximum Gasteiger partial charge on any atom is 0.195 e. The lowest BCUT2D eigenvalue weighted by atomic mass is 9.98. The predicted molar refractivity (Wildman–Crippen MR) is 70.2 cm³/mol. The van der Waals surface area contributed by atoms with Crippen LogP contribution in [0.2, 0.25) is 0 Å². The molecular weight excluding hydrogens is 210 g/mol. The van der Waals surface area contributed by atoms with Gasteiger partial charge in [-0.2, -0.15) is 0 Å². The molecular formula is C15H15NO. The molecule has 2 heteroatoms. The Labute approximate surface area is 101 Å². The quantitative estimate of drug-likeness (QED) is 0.630. The molecule has 0 aliphatic heterocycles. The summed E-state index contributed by atoms with van der Waals surface area (Å²) in [6.45, 7) is 3.87. The van der Waals surface area contributed by atoms with Crippen LogP contribution in [0.1, 0.15) is 27.0 Å². The molecule has 0 aromatic heterocycles. The van der Waals surface area contributed by atoms with E-state index in [9.17, 15) is 4.79 Å². The molecule has 0 amide bonds. The van der Waals surface area contributed by atoms with E-state index in [1.54, 1.807) is 6.07 Å². The van der Waals surface area contributed by atoms with Gasteiger partial charge in [-0.3, -0.25) is 4.79 Å². The molecule has 0 atom stereocenters. The molecule has 0 aliphatic rings. The summed E-state index contributed by atoms with van der Waals surface area (Å²) in [7, 11) is 0. The minimum absolute atomic E-state index is 0.0186. The molecule has 0 spiro atoms. The summed E-state index contributed by atoms with van der Waals surface area (Å²) in [5.41, 5.74) is 9.77. The van der Waals surface area contributed by atoms with Crippen molar-refractivity contribution >= 4 is 11.5 Å². The van der Waals surface area contributed by atoms with Gasteiger partial charge >= 0.3 is 0 Å². The van der Waals surface area contributed by atoms with Crippen LogP contribution in [0.4, 0.5) is 5.69 Å². The van der Waals surface area contributed by atoms with Crippen LogP contribution in [0.3, 0.4) is 0 Å². The van der Waals surface area contributed by atoms with Crippen molar-refractivity contribution in [3.05, 3.63) is 64.7 Å². The number of carbonyl (C=O) groups is 1. The lowest BCUT2D eigenvalue weighted by molar-refractivity contribution is 0.103. The average molecular weight is 225 g/mol. The smallest absolute Gasteiger partial charge is 0.195 e. The Kier molecular flexibility index (Phi) is 2.96. The van der Waals surface area contributed by atoms with Crippen LogP contribution in [-0.2, 0) is 0 Å². The number of hydrogen-bond donors (Lipinski definition) is 1. The maximum absolute atomic E-state index is 12.3. The van der Waals surface area contributed by atoms with Crippen molar-refractivity contribution in [2.75, 3.05) is 5.73 Å². The first kappa shape index (κ1) is 11.4. The van der Waals surface area contributed by atoms with Gasteiger partial charge < -0.3 is 5.73 Å². The molecule has 0 unspecified atom stereocenters. The third-order valence-electron chi connectivity index (χ3n) is 2.85. The van der Waals surface area contributed by atoms with Gasteiger partial charge in [0.15, 0.2) is 5.78 Å². The molecule has 0 saturated heterocycles. The van der Waals surface area contributed by atoms with E-state index in [-0.39, 0.29) is 5.78 Å². The van der Waals surface area contributed by atoms with Crippen LogP contribution >= 0.6 is 0 Å². The van der Waals surface area contributed by atoms with Gasteiger partial charge in [-0.15, -0.1) is 0 Å². The molecule has 2 rings (SSSR count). The third kappa shape index (κ3) is 2.21. The van der Waals surface area contributed by atoms with Crippen molar-refractivity contribution in [1.29, 1.82) is 0 Å². The number of nitrogen functional groups attached to an aromatic ring is 1. The summed E-state index contributed by atoms with van der Waals surface area (Å²) < 4.78 is 0. The van der Waals surface area contributed by atoms with Gasteiger partial charge in [0, 0.05) is 16.8 Å². The molecule has 86 valence electrons. The minimum atomic E-state index is -0.0186. The Morgan fingerprint density at radius 3 is 2.47 bits per heavy atom. The molecule has 2 N–H and O–H groups in total. The molecule has 17 heavy (non-hydrogen) atoms. The molecule has 0 fully saturated rings. The highest BCUT2D eigenvalue weighted by Gasteiger charge is 2.12. The number of ketones is 1. The Hall–Kier alpha value is -2.09. The number of nitrogens with two attached hydrogens (primary N) is 1. The second-order valence-corrected chi connectivity index (χ2v) is 4.23. The fourth-order valence-corrected chi connectivity index (χ4v) is 1.82. The summed E-state index contributed by atoms with van der Waals surface area (Å²) >= 11 is 0. The summed E-state index contributed by atoms with van der Waals surface area (Å²) in [5, 5.41) is 0. The summed E-state index contributed by atoms with van der Waals surface area (Å²) in [5.74, 6) is -0.0186. The van der Waals surface area contributed by atoms with Gasteiger partial charge in [-0.05, 0) is 31.5 Å². The van der Waals surface area contributed by atoms with Crippen LogP contribution in [0.5, 0.6) is 0 Å². The molecule has 0 heterocycles. The standard InChI is InChI=1S/C15H15NO/c1-10-5-3-7-12(9-10)15(17)13-8-4-6-11(2)14(13)16/h3-9H,16H2,1-2H3. The number of benzene rings is 2. The molecule has 2 aromatic carbocycles. The van der Waals surface area contributed by atoms with E-state index in [0.717, 1.165) is 11.1 Å². The Bertz CT molecular complexity index is 573. The summed E-state index contributed by atoms with van der Waals surface area (Å²) in [6.07, 6.45) is 0. The SMILES string of the molecule is Cc1cccc(C(=O)c2cccc(C)c2N)c1. The van der Waals surface area contributed by atoms with Gasteiger partial charge in [0.05, 0.1) is 0 Å². The summed E-state index contributed by atoms with van der Waals surface area (Å²) in [4.78, 5) is 12.3. The van der Waals surface area contributed by atoms with E-state index in [0.29, 0.717) is 16.8 Å². The van der Waals surface area contributed by atoms with Crippen molar-refractivity contribution < 1.29 is 4.79 Å². The van der Waals surface area contributed by atoms with E-state index in [1.807, 2.05) is 50.2 Å². The largest absolute Gasteiger partial charge is 0.398 e. The molecule has 2 aromatic rings. The van der Waals surface area contributed by atoms with Crippen molar-refractivity contribution in [2.45, 2.75) is 13.8 Å². The van der Waals surface area contributed by atoms with Crippen LogP contribution in [0, 0.1) is 13.8 Å². The molecule has 0 saturated carbocycles. The molecule has 0 bridgehead atoms. The molecule has 2 nitrogen and oxygen atoms in total. The van der Waals surface area contributed by atoms with Crippen LogP contribution in [0.25, 0.3) is 0 Å². The number of carbonyl (C=O) groups excluding carboxylic acids is 1. The molecule has 0 aliphatic carbocycles. The highest BCUT2D eigenvalue weighted by molar-refractivity contribution is 6.12. The van der Waals surface area contributed by atoms with Gasteiger partial charge in [0.2, 0.25) is 0 Å². The number of para-hydroxylation sites is 1. The minimum Gasteiger partial charge on any atom is -0.398 e. The first-order valence-corrected chi connectivity index (χ1v) is 5.56. The van der Waals surface area contributed by atoms with E-state index >= 15 is 0 Å². The number of aryl methyl sites for hydroxylation is 2. The van der Waals surface area contributed by atoms with Gasteiger partial charge in [-0.1, -0.05) is 35.9 Å². The van der Waals surface area contributed by atoms with Gasteiger partial charge in [-0.25, -0.2) is 0 Å². The van der Waals surface area contributed by atoms with Crippen molar-refractivity contribution in [2.24, 2.45) is 0 Å². The fourth-order valence-electron chi connectivity index (χ4n) is 1.82. The zero-order valence-corrected chi connectivity index (χ0v) is 10.0. The number of rotatable bonds is 2. The van der Waals surface area contributed by atoms with E-state index in [2.05, 4.69) is 0 Å². The van der Waals surface area contributed by atoms with Crippen LogP contribution in [0.15, 0.2) is 42.5 Å². The summed E-state index contributed by atoms with van der Waals surface area (Å²) in [6, 6.07) is 13.1. The Morgan fingerprint density at radius 1 is 1.06 bits per heavy atom. The highest BCUT2D eigenvalue weighted by Crippen LogP contribution is 2.20. The van der Waals surface area contributed by atoms with Crippen LogP contribution in [-0.4, -0.2) is 5.78 Å². The maximum atomic E-state index is 12.3. The van der Waals surface area contributed by atoms with Crippen molar-refractivity contribution in [3.8, 4) is 0 Å². The number of anilines is 1. The van der Waals surface area contributed by atoms with Crippen LogP contribution < -0.4 is 5.73 Å². The zero-order chi connectivity index (χ0) is 12.4. The second kappa shape index (κ2) is 4.42. The van der Waals surface area contributed by atoms with Crippen molar-refractivity contribution in [1.82, 2.24) is 0 Å². The lowest BCUT2D eigenvalue weighted by Crippen LogP contribution is -2.06. The van der Waals surface area contributed by atoms with Gasteiger partial charge in [0.25, 0.3) is 0 Å². The Morgan fingerprint density at radius 2 is 1.76 bits per heavy atom. The van der Waals surface area contributed by atoms with E-state index in [1.165, 1.54) is 0 Å². The normalized spacial score (nSPS) is 10.2. The lowest BCUT2D eigenvalue weighted by Gasteiger charge is -2.07. The van der Waals surface area contributed by atoms with Gasteiger partial charge in [0.1, 0.15) is 0 Å². The zero-order valence-electron chi connectivity index (χ0n) is 10.0. The van der Waals surface area contributed by atoms with Crippen molar-refractivity contribution in [3.63, 3.8) is 0 Å². The topological polar surface area (TPSA) is 43.1 Å².